The Morgan fingerprint density at radius 1 is 0.887 bits per heavy atom. The summed E-state index contributed by atoms with van der Waals surface area (Å²) >= 11 is 6.10. The molecule has 6 rings (SSSR count). The highest BCUT2D eigenvalue weighted by Crippen LogP contribution is 2.42. The van der Waals surface area contributed by atoms with E-state index in [0.29, 0.717) is 30.8 Å². The Morgan fingerprint density at radius 3 is 2.17 bits per heavy atom. The summed E-state index contributed by atoms with van der Waals surface area (Å²) in [5, 5.41) is 27.3. The zero-order valence-corrected chi connectivity index (χ0v) is 30.9. The van der Waals surface area contributed by atoms with Gasteiger partial charge in [-0.05, 0) is 52.8 Å². The molecule has 0 radical (unpaired) electrons. The zero-order valence-electron chi connectivity index (χ0n) is 30.1. The van der Waals surface area contributed by atoms with Crippen LogP contribution in [0.3, 0.4) is 0 Å². The maximum atomic E-state index is 12.8. The fraction of sp³-hybridized carbons (Fsp3) is 0.381. The fourth-order valence-electron chi connectivity index (χ4n) is 7.11. The van der Waals surface area contributed by atoms with Crippen LogP contribution in [-0.2, 0) is 44.2 Å². The van der Waals surface area contributed by atoms with Gasteiger partial charge in [0.1, 0.15) is 6.04 Å². The largest absolute Gasteiger partial charge is 0.467 e. The number of benzene rings is 4. The van der Waals surface area contributed by atoms with Crippen molar-refractivity contribution in [2.75, 3.05) is 26.7 Å². The number of piperidine rings is 1. The van der Waals surface area contributed by atoms with E-state index in [1.54, 1.807) is 0 Å². The van der Waals surface area contributed by atoms with Crippen LogP contribution >= 0.6 is 11.6 Å². The molecule has 4 aromatic rings. The Morgan fingerprint density at radius 2 is 1.53 bits per heavy atom. The first-order valence-electron chi connectivity index (χ1n) is 18.1. The molecule has 2 saturated heterocycles. The highest BCUT2D eigenvalue weighted by molar-refractivity contribution is 6.30. The second kappa shape index (κ2) is 17.7. The number of esters is 1. The van der Waals surface area contributed by atoms with E-state index in [9.17, 15) is 19.8 Å². The first kappa shape index (κ1) is 38.4. The van der Waals surface area contributed by atoms with E-state index >= 15 is 0 Å². The van der Waals surface area contributed by atoms with Gasteiger partial charge in [0, 0.05) is 49.1 Å². The van der Waals surface area contributed by atoms with Crippen molar-refractivity contribution in [3.8, 4) is 0 Å². The number of halogens is 1. The van der Waals surface area contributed by atoms with Crippen LogP contribution in [0.4, 0.5) is 4.79 Å². The van der Waals surface area contributed by atoms with Gasteiger partial charge in [-0.15, -0.1) is 0 Å². The second-order valence-electron chi connectivity index (χ2n) is 14.0. The molecular formula is C42H48ClN3O7. The summed E-state index contributed by atoms with van der Waals surface area (Å²) in [5.41, 5.74) is 4.44. The van der Waals surface area contributed by atoms with E-state index in [4.69, 9.17) is 25.8 Å². The number of nitrogens with one attached hydrogen (secondary N) is 2. The van der Waals surface area contributed by atoms with Gasteiger partial charge in [-0.25, -0.2) is 9.59 Å². The smallest absolute Gasteiger partial charge is 0.328 e. The Bertz CT molecular complexity index is 1780. The van der Waals surface area contributed by atoms with Gasteiger partial charge in [0.2, 0.25) is 0 Å². The van der Waals surface area contributed by atoms with E-state index in [1.807, 2.05) is 103 Å². The summed E-state index contributed by atoms with van der Waals surface area (Å²) in [5.74, 6) is -0.503. The van der Waals surface area contributed by atoms with Crippen molar-refractivity contribution in [1.29, 1.82) is 0 Å². The van der Waals surface area contributed by atoms with E-state index in [-0.39, 0.29) is 31.3 Å². The normalized spacial score (nSPS) is 22.1. The quantitative estimate of drug-likeness (QED) is 0.127. The van der Waals surface area contributed by atoms with Crippen molar-refractivity contribution >= 4 is 23.6 Å². The molecule has 0 spiro atoms. The number of aliphatic hydroxyl groups is 2. The lowest BCUT2D eigenvalue weighted by Crippen LogP contribution is -2.49. The first-order valence-corrected chi connectivity index (χ1v) is 18.5. The lowest BCUT2D eigenvalue weighted by atomic mass is 9.84. The molecule has 2 fully saturated rings. The van der Waals surface area contributed by atoms with E-state index in [1.165, 1.54) is 7.11 Å². The van der Waals surface area contributed by atoms with Crippen molar-refractivity contribution in [1.82, 2.24) is 15.5 Å². The van der Waals surface area contributed by atoms with Crippen molar-refractivity contribution in [2.24, 2.45) is 5.92 Å². The van der Waals surface area contributed by atoms with Gasteiger partial charge >= 0.3 is 12.0 Å². The van der Waals surface area contributed by atoms with Crippen molar-refractivity contribution in [3.63, 3.8) is 0 Å². The number of methoxy groups -OCH3 is 1. The van der Waals surface area contributed by atoms with E-state index < -0.39 is 29.9 Å². The molecule has 2 aliphatic heterocycles. The van der Waals surface area contributed by atoms with Crippen LogP contribution in [0, 0.1) is 5.92 Å². The molecule has 4 N–H and O–H groups in total. The summed E-state index contributed by atoms with van der Waals surface area (Å²) < 4.78 is 18.3. The molecule has 2 aliphatic rings. The summed E-state index contributed by atoms with van der Waals surface area (Å²) in [7, 11) is 1.30. The lowest BCUT2D eigenvalue weighted by Gasteiger charge is -2.45. The fourth-order valence-corrected chi connectivity index (χ4v) is 7.23. The third-order valence-electron chi connectivity index (χ3n) is 10.4. The predicted octanol–water partition coefficient (Wildman–Crippen LogP) is 6.19. The number of urea groups is 1. The van der Waals surface area contributed by atoms with Crippen LogP contribution in [0.1, 0.15) is 65.5 Å². The number of ether oxygens (including phenoxy) is 3. The highest BCUT2D eigenvalue weighted by atomic mass is 35.5. The Kier molecular flexibility index (Phi) is 12.8. The number of likely N-dealkylation sites (tertiary alicyclic amines) is 1. The third kappa shape index (κ3) is 9.83. The molecule has 5 unspecified atom stereocenters. The minimum absolute atomic E-state index is 0.0148. The number of hydrogen-bond donors (Lipinski definition) is 4. The summed E-state index contributed by atoms with van der Waals surface area (Å²) in [4.78, 5) is 27.5. The molecule has 2 heterocycles. The second-order valence-corrected chi connectivity index (χ2v) is 14.4. The van der Waals surface area contributed by atoms with Gasteiger partial charge in [0.15, 0.2) is 6.29 Å². The zero-order chi connectivity index (χ0) is 37.4. The summed E-state index contributed by atoms with van der Waals surface area (Å²) in [6.07, 6.45) is 0.454. The average Bonchev–Trinajstić information content (AvgIpc) is 3.19. The van der Waals surface area contributed by atoms with Crippen molar-refractivity contribution in [3.05, 3.63) is 142 Å². The molecule has 10 nitrogen and oxygen atoms in total. The molecule has 2 amide bonds. The van der Waals surface area contributed by atoms with E-state index in [2.05, 4.69) is 22.5 Å². The van der Waals surface area contributed by atoms with Gasteiger partial charge < -0.3 is 40.0 Å². The van der Waals surface area contributed by atoms with Gasteiger partial charge in [-0.1, -0.05) is 110 Å². The van der Waals surface area contributed by atoms with Crippen LogP contribution < -0.4 is 10.6 Å². The Hall–Kier alpha value is -4.29. The SMILES string of the molecule is COC(=O)C(Cc1ccccc1)NC(=O)NCc1ccc(C2OC(CN3CCC(O)(c4ccc(Cl)cc4)CC3)C(C)C(c3ccc(CO)cc3)O2)cc1. The first-order chi connectivity index (χ1) is 25.6. The molecule has 280 valence electrons. The molecular weight excluding hydrogens is 694 g/mol. The van der Waals surface area contributed by atoms with Gasteiger partial charge in [-0.3, -0.25) is 0 Å². The van der Waals surface area contributed by atoms with Crippen LogP contribution in [-0.4, -0.2) is 66.0 Å². The molecule has 53 heavy (non-hydrogen) atoms. The highest BCUT2D eigenvalue weighted by Gasteiger charge is 2.41. The van der Waals surface area contributed by atoms with Gasteiger partial charge in [0.25, 0.3) is 0 Å². The standard InChI is InChI=1S/C42H48ClN3O7/c1-28-37(26-46-22-20-42(50,21-23-46)34-16-18-35(43)19-17-34)52-40(53-38(28)32-12-10-31(27-47)11-13-32)33-14-8-30(9-15-33)25-44-41(49)45-36(39(48)51-2)24-29-6-4-3-5-7-29/h3-19,28,36-38,40,47,50H,20-27H2,1-2H3,(H2,44,45,49). The minimum Gasteiger partial charge on any atom is -0.467 e. The van der Waals surface area contributed by atoms with Crippen LogP contribution in [0.15, 0.2) is 103 Å². The topological polar surface area (TPSA) is 130 Å². The van der Waals surface area contributed by atoms with Crippen molar-refractivity contribution < 1.29 is 34.0 Å². The number of amides is 2. The molecule has 0 saturated carbocycles. The molecule has 11 heteroatoms. The van der Waals surface area contributed by atoms with Crippen LogP contribution in [0.2, 0.25) is 5.02 Å². The number of aliphatic hydroxyl groups excluding tert-OH is 1. The van der Waals surface area contributed by atoms with Crippen LogP contribution in [0.5, 0.6) is 0 Å². The maximum Gasteiger partial charge on any atom is 0.328 e. The van der Waals surface area contributed by atoms with E-state index in [0.717, 1.165) is 46.5 Å². The Labute approximate surface area is 316 Å². The predicted molar refractivity (Wildman–Crippen MR) is 202 cm³/mol. The summed E-state index contributed by atoms with van der Waals surface area (Å²) in [6, 6.07) is 31.2. The number of rotatable bonds is 12. The number of hydrogen-bond acceptors (Lipinski definition) is 8. The Balaban J connectivity index is 1.10. The van der Waals surface area contributed by atoms with Gasteiger partial charge in [-0.2, -0.15) is 0 Å². The molecule has 4 aromatic carbocycles. The molecule has 5 atom stereocenters. The van der Waals surface area contributed by atoms with Crippen LogP contribution in [0.25, 0.3) is 0 Å². The average molecular weight is 742 g/mol. The maximum absolute atomic E-state index is 12.8. The number of carbonyl (C=O) groups excluding carboxylic acids is 2. The minimum atomic E-state index is -0.898. The molecule has 0 aliphatic carbocycles. The number of carbonyl (C=O) groups is 2. The molecule has 0 bridgehead atoms. The van der Waals surface area contributed by atoms with Crippen molar-refractivity contribution in [2.45, 2.75) is 69.5 Å². The molecule has 0 aromatic heterocycles. The summed E-state index contributed by atoms with van der Waals surface area (Å²) in [6.45, 7) is 4.47. The monoisotopic (exact) mass is 741 g/mol. The van der Waals surface area contributed by atoms with Gasteiger partial charge in [0.05, 0.1) is 31.5 Å². The lowest BCUT2D eigenvalue weighted by molar-refractivity contribution is -0.277. The number of nitrogens with zero attached hydrogens (tertiary/aromatic N) is 1. The third-order valence-corrected chi connectivity index (χ3v) is 10.7.